The Balaban J connectivity index is 1.52. The minimum atomic E-state index is -1.78. The third kappa shape index (κ3) is 2.60. The lowest BCUT2D eigenvalue weighted by Crippen LogP contribution is -2.42. The van der Waals surface area contributed by atoms with Crippen molar-refractivity contribution in [2.75, 3.05) is 0 Å². The summed E-state index contributed by atoms with van der Waals surface area (Å²) in [4.78, 5) is 0. The summed E-state index contributed by atoms with van der Waals surface area (Å²) in [6, 6.07) is 27.2. The van der Waals surface area contributed by atoms with Crippen LogP contribution in [0.2, 0.25) is 13.1 Å². The maximum Gasteiger partial charge on any atom is 0.0722 e. The summed E-state index contributed by atoms with van der Waals surface area (Å²) in [6.45, 7) is 9.96. The quantitative estimate of drug-likeness (QED) is 0.287. The average Bonchev–Trinajstić information content (AvgIpc) is 3.30. The van der Waals surface area contributed by atoms with Crippen molar-refractivity contribution in [3.8, 4) is 0 Å². The Bertz CT molecular complexity index is 1320. The van der Waals surface area contributed by atoms with E-state index in [2.05, 4.69) is 112 Å². The third-order valence-electron chi connectivity index (χ3n) is 7.77. The molecule has 0 bridgehead atoms. The summed E-state index contributed by atoms with van der Waals surface area (Å²) in [5.74, 6) is 0. The molecule has 31 heavy (non-hydrogen) atoms. The van der Waals surface area contributed by atoms with Gasteiger partial charge in [-0.2, -0.15) is 0 Å². The highest BCUT2D eigenvalue weighted by Gasteiger charge is 2.46. The van der Waals surface area contributed by atoms with Crippen LogP contribution in [-0.4, -0.2) is 8.07 Å². The molecule has 0 N–H and O–H groups in total. The predicted molar refractivity (Wildman–Crippen MR) is 138 cm³/mol. The first-order chi connectivity index (χ1) is 15.0. The van der Waals surface area contributed by atoms with E-state index in [1.54, 1.807) is 22.3 Å². The van der Waals surface area contributed by atoms with Gasteiger partial charge in [0.2, 0.25) is 0 Å². The Labute approximate surface area is 185 Å². The molecule has 0 unspecified atom stereocenters. The van der Waals surface area contributed by atoms with Crippen LogP contribution in [0, 0.1) is 0 Å². The van der Waals surface area contributed by atoms with Crippen molar-refractivity contribution in [3.63, 3.8) is 0 Å². The first kappa shape index (κ1) is 18.8. The molecule has 0 heterocycles. The molecule has 152 valence electrons. The summed E-state index contributed by atoms with van der Waals surface area (Å²) in [5.41, 5.74) is 10.2. The topological polar surface area (TPSA) is 0 Å². The molecule has 0 radical (unpaired) electrons. The molecule has 2 aliphatic rings. The SMILES string of the molecule is CC1=Cc2c(ccc3ccccc23)[C@@H]1[Si](C)(C)[C@H]1C(C)=Cc2c1ccc1ccccc21. The highest BCUT2D eigenvalue weighted by molar-refractivity contribution is 6.81. The van der Waals surface area contributed by atoms with Crippen LogP contribution in [0.1, 0.15) is 47.2 Å². The van der Waals surface area contributed by atoms with Crippen LogP contribution < -0.4 is 0 Å². The fourth-order valence-electron chi connectivity index (χ4n) is 6.70. The van der Waals surface area contributed by atoms with Crippen molar-refractivity contribution in [1.29, 1.82) is 0 Å². The molecule has 0 aromatic heterocycles. The Morgan fingerprint density at radius 1 is 0.548 bits per heavy atom. The van der Waals surface area contributed by atoms with Crippen LogP contribution in [-0.2, 0) is 0 Å². The Kier molecular flexibility index (Phi) is 3.98. The smallest absolute Gasteiger partial charge is 0.0679 e. The summed E-state index contributed by atoms with van der Waals surface area (Å²) in [6.07, 6.45) is 4.96. The van der Waals surface area contributed by atoms with Crippen LogP contribution in [0.4, 0.5) is 0 Å². The highest BCUT2D eigenvalue weighted by atomic mass is 28.3. The Morgan fingerprint density at radius 2 is 0.968 bits per heavy atom. The largest absolute Gasteiger partial charge is 0.0722 e. The highest BCUT2D eigenvalue weighted by Crippen LogP contribution is 2.53. The molecule has 6 rings (SSSR count). The van der Waals surface area contributed by atoms with Crippen LogP contribution >= 0.6 is 0 Å². The van der Waals surface area contributed by atoms with Crippen molar-refractivity contribution >= 4 is 41.8 Å². The predicted octanol–water partition coefficient (Wildman–Crippen LogP) is 8.48. The normalized spacial score (nSPS) is 20.0. The second kappa shape index (κ2) is 6.55. The molecule has 0 spiro atoms. The fourth-order valence-corrected chi connectivity index (χ4v) is 11.7. The van der Waals surface area contributed by atoms with Gasteiger partial charge in [0.05, 0.1) is 8.07 Å². The van der Waals surface area contributed by atoms with Gasteiger partial charge in [-0.1, -0.05) is 109 Å². The molecule has 0 nitrogen and oxygen atoms in total. The van der Waals surface area contributed by atoms with E-state index in [1.807, 2.05) is 0 Å². The summed E-state index contributed by atoms with van der Waals surface area (Å²) in [7, 11) is -1.78. The maximum absolute atomic E-state index is 2.62. The molecule has 0 aliphatic heterocycles. The van der Waals surface area contributed by atoms with Crippen LogP contribution in [0.5, 0.6) is 0 Å². The molecule has 2 aliphatic carbocycles. The monoisotopic (exact) mass is 416 g/mol. The number of hydrogen-bond acceptors (Lipinski definition) is 0. The number of hydrogen-bond donors (Lipinski definition) is 0. The van der Waals surface area contributed by atoms with E-state index in [0.717, 1.165) is 0 Å². The second-order valence-corrected chi connectivity index (χ2v) is 14.8. The average molecular weight is 417 g/mol. The van der Waals surface area contributed by atoms with Crippen molar-refractivity contribution in [3.05, 3.63) is 106 Å². The van der Waals surface area contributed by atoms with Crippen molar-refractivity contribution in [2.24, 2.45) is 0 Å². The van der Waals surface area contributed by atoms with Gasteiger partial charge in [0.25, 0.3) is 0 Å². The van der Waals surface area contributed by atoms with Crippen molar-refractivity contribution in [1.82, 2.24) is 0 Å². The van der Waals surface area contributed by atoms with E-state index >= 15 is 0 Å². The lowest BCUT2D eigenvalue weighted by molar-refractivity contribution is 0.970. The summed E-state index contributed by atoms with van der Waals surface area (Å²) < 4.78 is 0. The standard InChI is InChI=1S/C30H28Si/c1-19-17-27-23-11-7-5-9-21(23)13-15-25(27)29(19)31(3,4)30-20(2)18-28-24-12-8-6-10-22(24)14-16-26(28)30/h5-18,29-30H,1-4H3/t29-,30+. The van der Waals surface area contributed by atoms with E-state index in [4.69, 9.17) is 0 Å². The zero-order chi connectivity index (χ0) is 21.3. The molecule has 0 saturated carbocycles. The lowest BCUT2D eigenvalue weighted by atomic mass is 10.0. The molecular weight excluding hydrogens is 388 g/mol. The molecule has 4 aromatic carbocycles. The third-order valence-corrected chi connectivity index (χ3v) is 12.3. The van der Waals surface area contributed by atoms with Gasteiger partial charge in [-0.3, -0.25) is 0 Å². The van der Waals surface area contributed by atoms with Gasteiger partial charge in [0.15, 0.2) is 0 Å². The van der Waals surface area contributed by atoms with Crippen LogP contribution in [0.25, 0.3) is 33.7 Å². The van der Waals surface area contributed by atoms with E-state index in [-0.39, 0.29) is 0 Å². The molecule has 0 fully saturated rings. The van der Waals surface area contributed by atoms with Gasteiger partial charge in [-0.15, -0.1) is 0 Å². The zero-order valence-electron chi connectivity index (χ0n) is 18.7. The Hall–Kier alpha value is -2.90. The number of fused-ring (bicyclic) bond motifs is 6. The van der Waals surface area contributed by atoms with Gasteiger partial charge in [0, 0.05) is 11.1 Å². The molecule has 2 atom stereocenters. The summed E-state index contributed by atoms with van der Waals surface area (Å²) >= 11 is 0. The first-order valence-corrected chi connectivity index (χ1v) is 14.5. The van der Waals surface area contributed by atoms with Gasteiger partial charge < -0.3 is 0 Å². The van der Waals surface area contributed by atoms with Gasteiger partial charge in [0.1, 0.15) is 0 Å². The number of rotatable bonds is 2. The van der Waals surface area contributed by atoms with E-state index < -0.39 is 8.07 Å². The van der Waals surface area contributed by atoms with E-state index in [9.17, 15) is 0 Å². The minimum absolute atomic E-state index is 0.554. The van der Waals surface area contributed by atoms with Crippen molar-refractivity contribution in [2.45, 2.75) is 38.0 Å². The minimum Gasteiger partial charge on any atom is -0.0679 e. The van der Waals surface area contributed by atoms with E-state index in [0.29, 0.717) is 11.1 Å². The fraction of sp³-hybridized carbons (Fsp3) is 0.200. The van der Waals surface area contributed by atoms with Gasteiger partial charge in [-0.05, 0) is 57.6 Å². The second-order valence-electron chi connectivity index (χ2n) is 10.0. The number of allylic oxidation sites excluding steroid dienone is 2. The van der Waals surface area contributed by atoms with Crippen LogP contribution in [0.3, 0.4) is 0 Å². The molecule has 0 saturated heterocycles. The molecule has 0 amide bonds. The van der Waals surface area contributed by atoms with Gasteiger partial charge >= 0.3 is 0 Å². The molecule has 4 aromatic rings. The first-order valence-electron chi connectivity index (χ1n) is 11.4. The Morgan fingerprint density at radius 3 is 1.42 bits per heavy atom. The molecular formula is C30H28Si. The maximum atomic E-state index is 2.62. The molecule has 1 heteroatoms. The van der Waals surface area contributed by atoms with Crippen LogP contribution in [0.15, 0.2) is 83.9 Å². The van der Waals surface area contributed by atoms with Crippen molar-refractivity contribution < 1.29 is 0 Å². The lowest BCUT2D eigenvalue weighted by Gasteiger charge is -2.39. The summed E-state index contributed by atoms with van der Waals surface area (Å²) in [5, 5.41) is 5.49. The van der Waals surface area contributed by atoms with E-state index in [1.165, 1.54) is 32.7 Å². The zero-order valence-corrected chi connectivity index (χ0v) is 19.7. The van der Waals surface area contributed by atoms with Gasteiger partial charge in [-0.25, -0.2) is 0 Å². The number of benzene rings is 4.